The number of nitrogens with one attached hydrogen (secondary N) is 1. The second kappa shape index (κ2) is 7.86. The number of thioether (sulfide) groups is 1. The van der Waals surface area contributed by atoms with Crippen molar-refractivity contribution in [2.75, 3.05) is 19.4 Å². The molecule has 25 heavy (non-hydrogen) atoms. The minimum atomic E-state index is -0.146. The Kier molecular flexibility index (Phi) is 5.57. The second-order valence-corrected chi connectivity index (χ2v) is 6.95. The molecule has 0 aliphatic heterocycles. The fourth-order valence-electron chi connectivity index (χ4n) is 3.01. The first-order chi connectivity index (χ1) is 12.1. The van der Waals surface area contributed by atoms with E-state index in [2.05, 4.69) is 32.0 Å². The van der Waals surface area contributed by atoms with Gasteiger partial charge in [-0.2, -0.15) is 0 Å². The summed E-state index contributed by atoms with van der Waals surface area (Å²) < 4.78 is 7.36. The van der Waals surface area contributed by atoms with Crippen molar-refractivity contribution in [1.82, 2.24) is 25.1 Å². The van der Waals surface area contributed by atoms with Gasteiger partial charge in [0.15, 0.2) is 5.16 Å². The van der Waals surface area contributed by atoms with E-state index in [0.717, 1.165) is 53.8 Å². The number of carbonyl (C=O) groups excluding carboxylic acids is 1. The molecule has 134 valence electrons. The van der Waals surface area contributed by atoms with Crippen molar-refractivity contribution in [2.45, 2.75) is 44.8 Å². The number of ether oxygens (including phenoxy) is 1. The van der Waals surface area contributed by atoms with Crippen molar-refractivity contribution in [2.24, 2.45) is 0 Å². The van der Waals surface area contributed by atoms with E-state index >= 15 is 0 Å². The van der Waals surface area contributed by atoms with E-state index < -0.39 is 0 Å². The maximum absolute atomic E-state index is 12.5. The molecule has 0 radical (unpaired) electrons. The first-order valence-corrected chi connectivity index (χ1v) is 9.50. The molecule has 3 rings (SSSR count). The zero-order valence-electron chi connectivity index (χ0n) is 14.8. The molecule has 0 unspecified atom stereocenters. The zero-order chi connectivity index (χ0) is 17.8. The fraction of sp³-hybridized carbons (Fsp3) is 0.529. The Labute approximate surface area is 151 Å². The van der Waals surface area contributed by atoms with Crippen molar-refractivity contribution in [3.63, 3.8) is 0 Å². The Morgan fingerprint density at radius 2 is 2.24 bits per heavy atom. The topological polar surface area (TPSA) is 81.9 Å². The molecule has 2 aromatic heterocycles. The first-order valence-electron chi connectivity index (χ1n) is 8.51. The second-order valence-electron chi connectivity index (χ2n) is 5.88. The first kappa shape index (κ1) is 17.7. The molecular weight excluding hydrogens is 338 g/mol. The van der Waals surface area contributed by atoms with Crippen LogP contribution in [0.3, 0.4) is 0 Å². The molecule has 1 N–H and O–H groups in total. The molecule has 7 nitrogen and oxygen atoms in total. The molecule has 8 heteroatoms. The van der Waals surface area contributed by atoms with Gasteiger partial charge in [-0.15, -0.1) is 10.2 Å². The minimum absolute atomic E-state index is 0.146. The highest BCUT2D eigenvalue weighted by Gasteiger charge is 2.20. The van der Waals surface area contributed by atoms with Crippen molar-refractivity contribution < 1.29 is 9.53 Å². The molecule has 0 saturated heterocycles. The van der Waals surface area contributed by atoms with Crippen molar-refractivity contribution in [3.8, 4) is 5.88 Å². The SMILES string of the molecule is CCn1c(C)nnc1SCCNC(=O)c1cc2c(nc1OC)CCC2. The maximum atomic E-state index is 12.5. The molecule has 1 amide bonds. The number of rotatable bonds is 7. The Bertz CT molecular complexity index is 775. The molecule has 0 fully saturated rings. The minimum Gasteiger partial charge on any atom is -0.480 e. The Hall–Kier alpha value is -2.09. The number of amides is 1. The number of aryl methyl sites for hydroxylation is 3. The maximum Gasteiger partial charge on any atom is 0.256 e. The number of nitrogens with zero attached hydrogens (tertiary/aromatic N) is 4. The van der Waals surface area contributed by atoms with Gasteiger partial charge in [0.05, 0.1) is 7.11 Å². The van der Waals surface area contributed by atoms with Crippen molar-refractivity contribution in [1.29, 1.82) is 0 Å². The molecule has 0 aromatic carbocycles. The molecule has 0 atom stereocenters. The molecule has 2 heterocycles. The lowest BCUT2D eigenvalue weighted by Crippen LogP contribution is -2.26. The Morgan fingerprint density at radius 3 is 3.00 bits per heavy atom. The van der Waals surface area contributed by atoms with E-state index in [9.17, 15) is 4.79 Å². The number of methoxy groups -OCH3 is 1. The van der Waals surface area contributed by atoms with Crippen molar-refractivity contribution in [3.05, 3.63) is 28.7 Å². The number of pyridine rings is 1. The summed E-state index contributed by atoms with van der Waals surface area (Å²) in [5, 5.41) is 12.1. The van der Waals surface area contributed by atoms with Gasteiger partial charge in [0.25, 0.3) is 5.91 Å². The van der Waals surface area contributed by atoms with Crippen LogP contribution in [0.15, 0.2) is 11.2 Å². The lowest BCUT2D eigenvalue weighted by molar-refractivity contribution is 0.0952. The van der Waals surface area contributed by atoms with Gasteiger partial charge in [-0.05, 0) is 44.7 Å². The summed E-state index contributed by atoms with van der Waals surface area (Å²) in [6, 6.07) is 1.92. The fourth-order valence-corrected chi connectivity index (χ4v) is 3.91. The summed E-state index contributed by atoms with van der Waals surface area (Å²) in [5.74, 6) is 1.90. The van der Waals surface area contributed by atoms with Gasteiger partial charge in [-0.1, -0.05) is 11.8 Å². The number of carbonyl (C=O) groups is 1. The predicted molar refractivity (Wildman–Crippen MR) is 96.3 cm³/mol. The Morgan fingerprint density at radius 1 is 1.40 bits per heavy atom. The highest BCUT2D eigenvalue weighted by Crippen LogP contribution is 2.26. The molecule has 2 aromatic rings. The summed E-state index contributed by atoms with van der Waals surface area (Å²) >= 11 is 1.59. The summed E-state index contributed by atoms with van der Waals surface area (Å²) in [6.45, 7) is 5.38. The third-order valence-electron chi connectivity index (χ3n) is 4.29. The van der Waals surface area contributed by atoms with Crippen LogP contribution in [0.1, 0.15) is 40.8 Å². The van der Waals surface area contributed by atoms with E-state index in [1.54, 1.807) is 18.9 Å². The van der Waals surface area contributed by atoms with Crippen LogP contribution in [0.25, 0.3) is 0 Å². The van der Waals surface area contributed by atoms with Gasteiger partial charge in [0.1, 0.15) is 11.4 Å². The third-order valence-corrected chi connectivity index (χ3v) is 5.26. The van der Waals surface area contributed by atoms with Crippen molar-refractivity contribution >= 4 is 17.7 Å². The average molecular weight is 361 g/mol. The number of hydrogen-bond donors (Lipinski definition) is 1. The van der Waals surface area contributed by atoms with Crippen LogP contribution in [-0.4, -0.2) is 45.1 Å². The van der Waals surface area contributed by atoms with Crippen LogP contribution in [-0.2, 0) is 19.4 Å². The zero-order valence-corrected chi connectivity index (χ0v) is 15.7. The molecular formula is C17H23N5O2S. The van der Waals surface area contributed by atoms with Gasteiger partial charge in [-0.25, -0.2) is 4.98 Å². The Balaban J connectivity index is 1.58. The molecule has 1 aliphatic rings. The highest BCUT2D eigenvalue weighted by molar-refractivity contribution is 7.99. The number of hydrogen-bond acceptors (Lipinski definition) is 6. The summed E-state index contributed by atoms with van der Waals surface area (Å²) in [5.41, 5.74) is 2.73. The van der Waals surface area contributed by atoms with Crippen LogP contribution in [0, 0.1) is 6.92 Å². The largest absolute Gasteiger partial charge is 0.480 e. The average Bonchev–Trinajstić information content (AvgIpc) is 3.22. The van der Waals surface area contributed by atoms with Gasteiger partial charge in [-0.3, -0.25) is 4.79 Å². The summed E-state index contributed by atoms with van der Waals surface area (Å²) in [6.07, 6.45) is 3.03. The van der Waals surface area contributed by atoms with E-state index in [4.69, 9.17) is 4.74 Å². The molecule has 0 spiro atoms. The standard InChI is InChI=1S/C17H23N5O2S/c1-4-22-11(2)20-21-17(22)25-9-8-18-15(23)13-10-12-6-5-7-14(12)19-16(13)24-3/h10H,4-9H2,1-3H3,(H,18,23). The van der Waals surface area contributed by atoms with Crippen LogP contribution < -0.4 is 10.1 Å². The quantitative estimate of drug-likeness (QED) is 0.600. The van der Waals surface area contributed by atoms with Crippen LogP contribution in [0.5, 0.6) is 5.88 Å². The third kappa shape index (κ3) is 3.78. The summed E-state index contributed by atoms with van der Waals surface area (Å²) in [7, 11) is 1.55. The van der Waals surface area contributed by atoms with E-state index in [1.807, 2.05) is 13.0 Å². The van der Waals surface area contributed by atoms with Crippen LogP contribution in [0.2, 0.25) is 0 Å². The van der Waals surface area contributed by atoms with Crippen LogP contribution in [0.4, 0.5) is 0 Å². The van der Waals surface area contributed by atoms with Gasteiger partial charge in [0, 0.05) is 24.5 Å². The van der Waals surface area contributed by atoms with E-state index in [0.29, 0.717) is 18.0 Å². The smallest absolute Gasteiger partial charge is 0.256 e. The number of aromatic nitrogens is 4. The lowest BCUT2D eigenvalue weighted by atomic mass is 10.1. The molecule has 1 aliphatic carbocycles. The van der Waals surface area contributed by atoms with Gasteiger partial charge < -0.3 is 14.6 Å². The van der Waals surface area contributed by atoms with E-state index in [1.165, 1.54) is 0 Å². The lowest BCUT2D eigenvalue weighted by Gasteiger charge is -2.11. The summed E-state index contributed by atoms with van der Waals surface area (Å²) in [4.78, 5) is 17.0. The molecule has 0 bridgehead atoms. The molecule has 0 saturated carbocycles. The van der Waals surface area contributed by atoms with Gasteiger partial charge >= 0.3 is 0 Å². The van der Waals surface area contributed by atoms with Gasteiger partial charge in [0.2, 0.25) is 5.88 Å². The monoisotopic (exact) mass is 361 g/mol. The van der Waals surface area contributed by atoms with E-state index in [-0.39, 0.29) is 5.91 Å². The normalized spacial score (nSPS) is 12.9. The highest BCUT2D eigenvalue weighted by atomic mass is 32.2. The van der Waals surface area contributed by atoms with Crippen LogP contribution >= 0.6 is 11.8 Å². The number of fused-ring (bicyclic) bond motifs is 1. The predicted octanol–water partition coefficient (Wildman–Crippen LogP) is 2.02.